The average molecular weight is 269 g/mol. The second kappa shape index (κ2) is 6.19. The molecule has 4 heteroatoms. The van der Waals surface area contributed by atoms with E-state index < -0.39 is 0 Å². The van der Waals surface area contributed by atoms with Crippen LogP contribution in [-0.2, 0) is 17.9 Å². The Hall–Kier alpha value is -2.36. The molecule has 4 nitrogen and oxygen atoms in total. The summed E-state index contributed by atoms with van der Waals surface area (Å²) in [5.41, 5.74) is 3.68. The summed E-state index contributed by atoms with van der Waals surface area (Å²) in [7, 11) is 0. The van der Waals surface area contributed by atoms with Crippen molar-refractivity contribution in [2.45, 2.75) is 26.9 Å². The molecule has 0 spiro atoms. The largest absolute Gasteiger partial charge is 0.347 e. The van der Waals surface area contributed by atoms with Gasteiger partial charge in [-0.25, -0.2) is 4.98 Å². The van der Waals surface area contributed by atoms with Crippen LogP contribution in [0.5, 0.6) is 0 Å². The summed E-state index contributed by atoms with van der Waals surface area (Å²) < 4.78 is 2.08. The molecule has 0 unspecified atom stereocenters. The van der Waals surface area contributed by atoms with Crippen LogP contribution in [0.2, 0.25) is 0 Å². The maximum absolute atomic E-state index is 11.5. The Morgan fingerprint density at radius 2 is 2.05 bits per heavy atom. The summed E-state index contributed by atoms with van der Waals surface area (Å²) in [6, 6.07) is 10.2. The fraction of sp³-hybridized carbons (Fsp3) is 0.250. The molecular formula is C16H19N3O. The molecule has 0 atom stereocenters. The van der Waals surface area contributed by atoms with Crippen molar-refractivity contribution < 1.29 is 4.79 Å². The van der Waals surface area contributed by atoms with E-state index >= 15 is 0 Å². The van der Waals surface area contributed by atoms with Crippen LogP contribution in [-0.4, -0.2) is 15.5 Å². The third-order valence-corrected chi connectivity index (χ3v) is 3.20. The number of hydrogen-bond donors (Lipinski definition) is 1. The van der Waals surface area contributed by atoms with Gasteiger partial charge < -0.3 is 9.88 Å². The number of amides is 1. The Morgan fingerprint density at radius 3 is 2.70 bits per heavy atom. The molecule has 1 amide bonds. The van der Waals surface area contributed by atoms with Gasteiger partial charge in [0.1, 0.15) is 0 Å². The number of carbonyl (C=O) groups is 1. The van der Waals surface area contributed by atoms with E-state index in [4.69, 9.17) is 0 Å². The van der Waals surface area contributed by atoms with Crippen LogP contribution in [0.4, 0.5) is 0 Å². The predicted octanol–water partition coefficient (Wildman–Crippen LogP) is 2.43. The van der Waals surface area contributed by atoms with Crippen molar-refractivity contribution in [3.8, 4) is 0 Å². The van der Waals surface area contributed by atoms with Crippen molar-refractivity contribution in [1.29, 1.82) is 0 Å². The summed E-state index contributed by atoms with van der Waals surface area (Å²) in [6.07, 6.45) is 1.81. The summed E-state index contributed by atoms with van der Waals surface area (Å²) in [5.74, 6) is -0.137. The molecule has 0 radical (unpaired) electrons. The first-order chi connectivity index (χ1) is 9.58. The van der Waals surface area contributed by atoms with Crippen molar-refractivity contribution in [2.75, 3.05) is 0 Å². The zero-order valence-corrected chi connectivity index (χ0v) is 11.9. The molecule has 1 aromatic carbocycles. The number of nitrogens with zero attached hydrogens (tertiary/aromatic N) is 2. The van der Waals surface area contributed by atoms with E-state index in [1.807, 2.05) is 31.5 Å². The molecule has 0 aliphatic heterocycles. The Kier molecular flexibility index (Phi) is 4.35. The highest BCUT2D eigenvalue weighted by atomic mass is 16.1. The van der Waals surface area contributed by atoms with Crippen molar-refractivity contribution in [3.05, 3.63) is 65.8 Å². The van der Waals surface area contributed by atoms with Crippen LogP contribution < -0.4 is 5.32 Å². The smallest absolute Gasteiger partial charge is 0.246 e. The molecule has 0 saturated heterocycles. The lowest BCUT2D eigenvalue weighted by molar-refractivity contribution is -0.117. The van der Waals surface area contributed by atoms with E-state index in [0.717, 1.165) is 17.9 Å². The number of imidazole rings is 1. The van der Waals surface area contributed by atoms with E-state index in [9.17, 15) is 4.79 Å². The van der Waals surface area contributed by atoms with Gasteiger partial charge in [-0.2, -0.15) is 0 Å². The number of benzene rings is 1. The van der Waals surface area contributed by atoms with Crippen molar-refractivity contribution >= 4 is 5.91 Å². The summed E-state index contributed by atoms with van der Waals surface area (Å²) in [4.78, 5) is 15.8. The monoisotopic (exact) mass is 269 g/mol. The minimum atomic E-state index is -0.137. The van der Waals surface area contributed by atoms with E-state index in [2.05, 4.69) is 33.6 Å². The maximum atomic E-state index is 11.5. The second-order valence-corrected chi connectivity index (χ2v) is 4.85. The highest BCUT2D eigenvalue weighted by molar-refractivity contribution is 5.91. The molecule has 1 heterocycles. The lowest BCUT2D eigenvalue weighted by Crippen LogP contribution is -2.23. The van der Waals surface area contributed by atoms with E-state index in [0.29, 0.717) is 12.1 Å². The van der Waals surface area contributed by atoms with E-state index in [1.54, 1.807) is 6.92 Å². The quantitative estimate of drug-likeness (QED) is 0.847. The lowest BCUT2D eigenvalue weighted by atomic mass is 10.2. The fourth-order valence-corrected chi connectivity index (χ4v) is 1.91. The molecule has 0 saturated carbocycles. The zero-order chi connectivity index (χ0) is 14.5. The molecule has 0 aliphatic rings. The molecule has 1 N–H and O–H groups in total. The van der Waals surface area contributed by atoms with Crippen molar-refractivity contribution in [2.24, 2.45) is 0 Å². The molecular weight excluding hydrogens is 250 g/mol. The number of aromatic nitrogens is 2. The third kappa shape index (κ3) is 3.35. The summed E-state index contributed by atoms with van der Waals surface area (Å²) >= 11 is 0. The van der Waals surface area contributed by atoms with Crippen molar-refractivity contribution in [3.63, 3.8) is 0 Å². The topological polar surface area (TPSA) is 46.9 Å². The third-order valence-electron chi connectivity index (χ3n) is 3.20. The first-order valence-electron chi connectivity index (χ1n) is 6.56. The van der Waals surface area contributed by atoms with Gasteiger partial charge in [-0.05, 0) is 19.4 Å². The maximum Gasteiger partial charge on any atom is 0.246 e. The van der Waals surface area contributed by atoms with Crippen LogP contribution >= 0.6 is 0 Å². The van der Waals surface area contributed by atoms with Crippen LogP contribution in [0.15, 0.2) is 48.8 Å². The summed E-state index contributed by atoms with van der Waals surface area (Å²) in [5, 5.41) is 2.80. The lowest BCUT2D eigenvalue weighted by Gasteiger charge is -2.07. The van der Waals surface area contributed by atoms with E-state index in [-0.39, 0.29) is 5.91 Å². The zero-order valence-electron chi connectivity index (χ0n) is 11.9. The van der Waals surface area contributed by atoms with Gasteiger partial charge in [0.15, 0.2) is 0 Å². The minimum Gasteiger partial charge on any atom is -0.347 e. The normalized spacial score (nSPS) is 10.3. The van der Waals surface area contributed by atoms with Crippen LogP contribution in [0.1, 0.15) is 23.9 Å². The first-order valence-corrected chi connectivity index (χ1v) is 6.56. The number of rotatable bonds is 5. The van der Waals surface area contributed by atoms with Crippen LogP contribution in [0, 0.1) is 6.92 Å². The van der Waals surface area contributed by atoms with Gasteiger partial charge in [-0.15, -0.1) is 0 Å². The predicted molar refractivity (Wildman–Crippen MR) is 79.2 cm³/mol. The molecule has 2 aromatic rings. The molecule has 0 fully saturated rings. The van der Waals surface area contributed by atoms with Gasteiger partial charge in [0.25, 0.3) is 0 Å². The fourth-order valence-electron chi connectivity index (χ4n) is 1.91. The van der Waals surface area contributed by atoms with Gasteiger partial charge in [0, 0.05) is 17.8 Å². The number of carbonyl (C=O) groups excluding carboxylic acids is 1. The Bertz CT molecular complexity index is 614. The Labute approximate surface area is 119 Å². The Balaban J connectivity index is 2.04. The minimum absolute atomic E-state index is 0.137. The van der Waals surface area contributed by atoms with Gasteiger partial charge in [-0.1, -0.05) is 36.9 Å². The second-order valence-electron chi connectivity index (χ2n) is 4.85. The average Bonchev–Trinajstić information content (AvgIpc) is 2.78. The van der Waals surface area contributed by atoms with Gasteiger partial charge in [0.05, 0.1) is 18.6 Å². The first kappa shape index (κ1) is 14.1. The number of nitrogens with one attached hydrogen (secondary N) is 1. The SMILES string of the molecule is C=C(C)C(=O)NCc1ncn(Cc2ccccc2)c1C. The molecule has 0 aliphatic carbocycles. The summed E-state index contributed by atoms with van der Waals surface area (Å²) in [6.45, 7) is 8.53. The molecule has 20 heavy (non-hydrogen) atoms. The van der Waals surface area contributed by atoms with Gasteiger partial charge in [-0.3, -0.25) is 4.79 Å². The standard InChI is InChI=1S/C16H19N3O/c1-12(2)16(20)17-9-15-13(3)19(11-18-15)10-14-7-5-4-6-8-14/h4-8,11H,1,9-10H2,2-3H3,(H,17,20). The van der Waals surface area contributed by atoms with Gasteiger partial charge in [0.2, 0.25) is 5.91 Å². The molecule has 0 bridgehead atoms. The molecule has 1 aromatic heterocycles. The van der Waals surface area contributed by atoms with Crippen molar-refractivity contribution in [1.82, 2.24) is 14.9 Å². The molecule has 2 rings (SSSR count). The highest BCUT2D eigenvalue weighted by Gasteiger charge is 2.08. The Morgan fingerprint density at radius 1 is 1.35 bits per heavy atom. The van der Waals surface area contributed by atoms with Gasteiger partial charge >= 0.3 is 0 Å². The van der Waals surface area contributed by atoms with Crippen LogP contribution in [0.3, 0.4) is 0 Å². The highest BCUT2D eigenvalue weighted by Crippen LogP contribution is 2.09. The number of hydrogen-bond acceptors (Lipinski definition) is 2. The van der Waals surface area contributed by atoms with E-state index in [1.165, 1.54) is 5.56 Å². The molecule has 104 valence electrons. The van der Waals surface area contributed by atoms with Crippen LogP contribution in [0.25, 0.3) is 0 Å².